The summed E-state index contributed by atoms with van der Waals surface area (Å²) in [6.45, 7) is 0.335. The van der Waals surface area contributed by atoms with E-state index in [4.69, 9.17) is 10.5 Å². The summed E-state index contributed by atoms with van der Waals surface area (Å²) >= 11 is 0. The minimum absolute atomic E-state index is 0. The summed E-state index contributed by atoms with van der Waals surface area (Å²) < 4.78 is 5.42. The summed E-state index contributed by atoms with van der Waals surface area (Å²) in [5, 5.41) is 3.01. The molecule has 3 aromatic carbocycles. The molecule has 1 amide bonds. The van der Waals surface area contributed by atoms with Crippen LogP contribution >= 0.6 is 12.4 Å². The summed E-state index contributed by atoms with van der Waals surface area (Å²) in [6, 6.07) is 24.8. The van der Waals surface area contributed by atoms with Gasteiger partial charge in [0, 0.05) is 17.7 Å². The minimum Gasteiger partial charge on any atom is -0.496 e. The topological polar surface area (TPSA) is 64.3 Å². The molecule has 0 saturated carbocycles. The van der Waals surface area contributed by atoms with Crippen molar-refractivity contribution in [1.29, 1.82) is 0 Å². The molecule has 3 N–H and O–H groups in total. The first kappa shape index (κ1) is 20.5. The molecule has 0 heterocycles. The Kier molecular flexibility index (Phi) is 7.41. The van der Waals surface area contributed by atoms with E-state index < -0.39 is 0 Å². The fraction of sp³-hybridized carbons (Fsp3) is 0.136. The van der Waals surface area contributed by atoms with E-state index >= 15 is 0 Å². The number of methoxy groups -OCH3 is 1. The number of nitrogens with two attached hydrogens (primary N) is 1. The summed E-state index contributed by atoms with van der Waals surface area (Å²) in [6.07, 6.45) is 0. The highest BCUT2D eigenvalue weighted by Crippen LogP contribution is 2.30. The van der Waals surface area contributed by atoms with E-state index in [9.17, 15) is 4.79 Å². The lowest BCUT2D eigenvalue weighted by Crippen LogP contribution is -2.33. The minimum atomic E-state index is -0.224. The van der Waals surface area contributed by atoms with Gasteiger partial charge in [-0.1, -0.05) is 60.7 Å². The molecule has 0 unspecified atom stereocenters. The van der Waals surface area contributed by atoms with Crippen molar-refractivity contribution in [3.8, 4) is 16.9 Å². The lowest BCUT2D eigenvalue weighted by molar-refractivity contribution is 0.0938. The highest BCUT2D eigenvalue weighted by molar-refractivity contribution is 5.96. The van der Waals surface area contributed by atoms with Crippen LogP contribution in [-0.4, -0.2) is 19.6 Å². The van der Waals surface area contributed by atoms with Gasteiger partial charge in [0.25, 0.3) is 5.91 Å². The third kappa shape index (κ3) is 4.88. The van der Waals surface area contributed by atoms with Gasteiger partial charge >= 0.3 is 0 Å². The second-order valence-corrected chi connectivity index (χ2v) is 5.95. The third-order valence-corrected chi connectivity index (χ3v) is 4.29. The van der Waals surface area contributed by atoms with E-state index in [1.165, 1.54) is 0 Å². The first-order valence-corrected chi connectivity index (χ1v) is 8.52. The van der Waals surface area contributed by atoms with Crippen molar-refractivity contribution >= 4 is 18.3 Å². The zero-order valence-corrected chi connectivity index (χ0v) is 15.9. The molecule has 0 aromatic heterocycles. The molecule has 4 nitrogen and oxygen atoms in total. The molecule has 3 rings (SSSR count). The van der Waals surface area contributed by atoms with Crippen LogP contribution in [0, 0.1) is 0 Å². The van der Waals surface area contributed by atoms with Gasteiger partial charge in [-0.2, -0.15) is 0 Å². The van der Waals surface area contributed by atoms with Gasteiger partial charge in [-0.15, -0.1) is 12.4 Å². The molecule has 0 aliphatic carbocycles. The fourth-order valence-electron chi connectivity index (χ4n) is 2.92. The smallest absolute Gasteiger partial charge is 0.251 e. The Labute approximate surface area is 165 Å². The molecule has 5 heteroatoms. The van der Waals surface area contributed by atoms with E-state index in [-0.39, 0.29) is 24.4 Å². The highest BCUT2D eigenvalue weighted by atomic mass is 35.5. The largest absolute Gasteiger partial charge is 0.496 e. The van der Waals surface area contributed by atoms with Crippen molar-refractivity contribution in [3.63, 3.8) is 0 Å². The molecule has 0 spiro atoms. The maximum Gasteiger partial charge on any atom is 0.251 e. The first-order chi connectivity index (χ1) is 12.7. The molecule has 0 fully saturated rings. The summed E-state index contributed by atoms with van der Waals surface area (Å²) in [4.78, 5) is 12.7. The second kappa shape index (κ2) is 9.76. The second-order valence-electron chi connectivity index (χ2n) is 5.95. The predicted octanol–water partition coefficient (Wildman–Crippen LogP) is 4.21. The zero-order chi connectivity index (χ0) is 18.4. The van der Waals surface area contributed by atoms with Crippen molar-refractivity contribution in [2.75, 3.05) is 13.7 Å². The Hall–Kier alpha value is -2.82. The normalized spacial score (nSPS) is 11.2. The number of para-hydroxylation sites is 1. The van der Waals surface area contributed by atoms with Gasteiger partial charge in [-0.3, -0.25) is 4.79 Å². The molecular formula is C22H23ClN2O2. The number of ether oxygens (including phenoxy) is 1. The molecule has 1 atom stereocenters. The van der Waals surface area contributed by atoms with E-state index in [1.807, 2.05) is 72.8 Å². The van der Waals surface area contributed by atoms with Gasteiger partial charge in [-0.05, 0) is 29.3 Å². The highest BCUT2D eigenvalue weighted by Gasteiger charge is 2.15. The van der Waals surface area contributed by atoms with Crippen LogP contribution in [-0.2, 0) is 0 Å². The van der Waals surface area contributed by atoms with Crippen LogP contribution in [0.3, 0.4) is 0 Å². The molecular weight excluding hydrogens is 360 g/mol. The number of hydrogen-bond acceptors (Lipinski definition) is 3. The molecule has 0 aliphatic rings. The van der Waals surface area contributed by atoms with Crippen LogP contribution in [0.15, 0.2) is 78.9 Å². The van der Waals surface area contributed by atoms with Crippen LogP contribution in [0.2, 0.25) is 0 Å². The lowest BCUT2D eigenvalue weighted by atomic mass is 10.0. The van der Waals surface area contributed by atoms with Crippen LogP contribution in [0.4, 0.5) is 0 Å². The quantitative estimate of drug-likeness (QED) is 0.671. The average molecular weight is 383 g/mol. The van der Waals surface area contributed by atoms with E-state index in [0.29, 0.717) is 12.1 Å². The van der Waals surface area contributed by atoms with Crippen molar-refractivity contribution in [3.05, 3.63) is 90.0 Å². The van der Waals surface area contributed by atoms with Crippen molar-refractivity contribution in [2.45, 2.75) is 6.04 Å². The molecule has 0 bridgehead atoms. The summed E-state index contributed by atoms with van der Waals surface area (Å²) in [5.74, 6) is 0.621. The number of nitrogens with one attached hydrogen (secondary N) is 1. The number of rotatable bonds is 6. The first-order valence-electron chi connectivity index (χ1n) is 8.52. The maximum atomic E-state index is 12.7. The number of halogens is 1. The average Bonchev–Trinajstić information content (AvgIpc) is 2.72. The van der Waals surface area contributed by atoms with Gasteiger partial charge < -0.3 is 15.8 Å². The zero-order valence-electron chi connectivity index (χ0n) is 15.1. The van der Waals surface area contributed by atoms with Gasteiger partial charge in [0.15, 0.2) is 0 Å². The van der Waals surface area contributed by atoms with Gasteiger partial charge in [0.2, 0.25) is 0 Å². The van der Waals surface area contributed by atoms with E-state index in [1.54, 1.807) is 13.2 Å². The fourth-order valence-corrected chi connectivity index (χ4v) is 2.92. The number of amides is 1. The van der Waals surface area contributed by atoms with E-state index in [0.717, 1.165) is 22.4 Å². The molecule has 140 valence electrons. The molecule has 0 aliphatic heterocycles. The molecule has 3 aromatic rings. The van der Waals surface area contributed by atoms with Crippen LogP contribution in [0.5, 0.6) is 5.75 Å². The Bertz CT molecular complexity index is 884. The predicted molar refractivity (Wildman–Crippen MR) is 111 cm³/mol. The lowest BCUT2D eigenvalue weighted by Gasteiger charge is -2.17. The monoisotopic (exact) mass is 382 g/mol. The summed E-state index contributed by atoms with van der Waals surface area (Å²) in [5.41, 5.74) is 9.31. The maximum absolute atomic E-state index is 12.7. The summed E-state index contributed by atoms with van der Waals surface area (Å²) in [7, 11) is 1.64. The standard InChI is InChI=1S/C22H22N2O2.ClH/c1-26-21-13-6-5-12-19(21)17-10-7-11-18(14-17)22(25)24-20(15-23)16-8-3-2-4-9-16;/h2-14,20H,15,23H2,1H3,(H,24,25);1H/t20-;/m0./s1. The van der Waals surface area contributed by atoms with Crippen molar-refractivity contribution in [1.82, 2.24) is 5.32 Å². The van der Waals surface area contributed by atoms with Gasteiger partial charge in [0.1, 0.15) is 5.75 Å². The SMILES string of the molecule is COc1ccccc1-c1cccc(C(=O)N[C@@H](CN)c2ccccc2)c1.Cl. The number of carbonyl (C=O) groups is 1. The van der Waals surface area contributed by atoms with Gasteiger partial charge in [-0.25, -0.2) is 0 Å². The van der Waals surface area contributed by atoms with Crippen molar-refractivity contribution < 1.29 is 9.53 Å². The molecule has 0 saturated heterocycles. The Morgan fingerprint density at radius 2 is 1.70 bits per heavy atom. The van der Waals surface area contributed by atoms with Crippen LogP contribution in [0.25, 0.3) is 11.1 Å². The van der Waals surface area contributed by atoms with E-state index in [2.05, 4.69) is 5.32 Å². The van der Waals surface area contributed by atoms with Gasteiger partial charge in [0.05, 0.1) is 13.2 Å². The van der Waals surface area contributed by atoms with Crippen molar-refractivity contribution in [2.24, 2.45) is 5.73 Å². The molecule has 0 radical (unpaired) electrons. The third-order valence-electron chi connectivity index (χ3n) is 4.29. The Morgan fingerprint density at radius 3 is 2.41 bits per heavy atom. The number of carbonyl (C=O) groups excluding carboxylic acids is 1. The Balaban J connectivity index is 0.00000261. The Morgan fingerprint density at radius 1 is 1.00 bits per heavy atom. The number of benzene rings is 3. The van der Waals surface area contributed by atoms with Crippen LogP contribution in [0.1, 0.15) is 22.0 Å². The number of hydrogen-bond donors (Lipinski definition) is 2. The molecule has 27 heavy (non-hydrogen) atoms. The van der Waals surface area contributed by atoms with Crippen LogP contribution < -0.4 is 15.8 Å².